The molecule has 1 rings (SSSR count). The molecule has 0 radical (unpaired) electrons. The summed E-state index contributed by atoms with van der Waals surface area (Å²) in [5, 5.41) is 0. The van der Waals surface area contributed by atoms with Crippen LogP contribution in [0.15, 0.2) is 12.2 Å². The molecule has 7 heavy (non-hydrogen) atoms. The van der Waals surface area contributed by atoms with Crippen molar-refractivity contribution in [2.45, 2.75) is 17.3 Å². The van der Waals surface area contributed by atoms with Crippen molar-refractivity contribution in [3.8, 4) is 0 Å². The van der Waals surface area contributed by atoms with Gasteiger partial charge >= 0.3 is 55.1 Å². The first-order valence-corrected chi connectivity index (χ1v) is 5.41. The van der Waals surface area contributed by atoms with Gasteiger partial charge in [0.15, 0.2) is 0 Å². The first kappa shape index (κ1) is 5.60. The zero-order valence-electron chi connectivity index (χ0n) is 4.52. The maximum absolute atomic E-state index is 2.36. The van der Waals surface area contributed by atoms with E-state index in [1.165, 1.54) is 10.8 Å². The predicted molar refractivity (Wildman–Crippen MR) is 28.1 cm³/mol. The summed E-state index contributed by atoms with van der Waals surface area (Å²) in [5.41, 5.74) is 0. The van der Waals surface area contributed by atoms with Crippen molar-refractivity contribution < 1.29 is 21.2 Å². The van der Waals surface area contributed by atoms with Crippen LogP contribution in [0.25, 0.3) is 0 Å². The zero-order valence-corrected chi connectivity index (χ0v) is 6.68. The van der Waals surface area contributed by atoms with Crippen LogP contribution in [-0.2, 0) is 0 Å². The van der Waals surface area contributed by atoms with E-state index in [0.717, 1.165) is 3.92 Å². The number of hydrogen-bond donors (Lipinski definition) is 0. The molecule has 0 saturated heterocycles. The van der Waals surface area contributed by atoms with E-state index in [9.17, 15) is 0 Å². The molecule has 0 spiro atoms. The molecule has 0 aromatic heterocycles. The Balaban J connectivity index is 2.36. The van der Waals surface area contributed by atoms with Gasteiger partial charge in [0.2, 0.25) is 0 Å². The van der Waals surface area contributed by atoms with E-state index in [0.29, 0.717) is 21.2 Å². The predicted octanol–water partition coefficient (Wildman–Crippen LogP) is -1.58. The van der Waals surface area contributed by atoms with Gasteiger partial charge < -0.3 is 0 Å². The van der Waals surface area contributed by atoms with Crippen molar-refractivity contribution in [2.24, 2.45) is 0 Å². The molecule has 0 saturated carbocycles. The second-order valence-electron chi connectivity index (χ2n) is 1.74. The molecule has 0 aromatic carbocycles. The van der Waals surface area contributed by atoms with Crippen molar-refractivity contribution in [3.05, 3.63) is 12.2 Å². The fourth-order valence-corrected chi connectivity index (χ4v) is 2.92. The number of alkyl halides is 2. The summed E-state index contributed by atoms with van der Waals surface area (Å²) in [7, 11) is 0. The zero-order chi connectivity index (χ0) is 5.11. The Labute approximate surface area is 55.3 Å². The number of allylic oxidation sites excluding steroid dienone is 2. The number of rotatable bonds is 0. The van der Waals surface area contributed by atoms with Gasteiger partial charge in [-0.05, 0) is 0 Å². The molecule has 0 N–H and O–H groups in total. The Morgan fingerprint density at radius 3 is 2.86 bits per heavy atom. The SMILES string of the molecule is C[C@@H]1C=CCC[I-]1. The maximum atomic E-state index is 2.36. The van der Waals surface area contributed by atoms with E-state index in [1.54, 1.807) is 0 Å². The Hall–Kier alpha value is 0.470. The summed E-state index contributed by atoms with van der Waals surface area (Å²) < 4.78 is 2.48. The third-order valence-corrected chi connectivity index (χ3v) is 4.08. The van der Waals surface area contributed by atoms with Crippen LogP contribution < -0.4 is 21.2 Å². The van der Waals surface area contributed by atoms with Gasteiger partial charge in [-0.3, -0.25) is 0 Å². The molecule has 1 heterocycles. The van der Waals surface area contributed by atoms with Crippen LogP contribution in [0.5, 0.6) is 0 Å². The van der Waals surface area contributed by atoms with Gasteiger partial charge in [0.05, 0.1) is 0 Å². The molecular formula is C6H10I-. The summed E-state index contributed by atoms with van der Waals surface area (Å²) >= 11 is 0.565. The van der Waals surface area contributed by atoms with Gasteiger partial charge in [-0.15, -0.1) is 0 Å². The number of hydrogen-bond acceptors (Lipinski definition) is 0. The first-order chi connectivity index (χ1) is 3.39. The second kappa shape index (κ2) is 2.70. The van der Waals surface area contributed by atoms with Gasteiger partial charge in [-0.2, -0.15) is 0 Å². The third-order valence-electron chi connectivity index (χ3n) is 1.03. The van der Waals surface area contributed by atoms with E-state index < -0.39 is 0 Å². The van der Waals surface area contributed by atoms with Gasteiger partial charge in [-0.1, -0.05) is 0 Å². The van der Waals surface area contributed by atoms with Crippen LogP contribution in [0.2, 0.25) is 0 Å². The van der Waals surface area contributed by atoms with Crippen LogP contribution in [-0.4, -0.2) is 8.35 Å². The van der Waals surface area contributed by atoms with Gasteiger partial charge in [0.25, 0.3) is 0 Å². The number of halogens is 1. The fourth-order valence-electron chi connectivity index (χ4n) is 0.633. The van der Waals surface area contributed by atoms with Crippen molar-refractivity contribution in [2.75, 3.05) is 4.43 Å². The average Bonchev–Trinajstić information content (AvgIpc) is 1.69. The summed E-state index contributed by atoms with van der Waals surface area (Å²) in [5.74, 6) is 0. The normalized spacial score (nSPS) is 31.9. The van der Waals surface area contributed by atoms with Crippen LogP contribution in [0.4, 0.5) is 0 Å². The molecule has 1 aliphatic heterocycles. The summed E-state index contributed by atoms with van der Waals surface area (Å²) in [6.07, 6.45) is 6.03. The monoisotopic (exact) mass is 209 g/mol. The fraction of sp³-hybridized carbons (Fsp3) is 0.667. The third kappa shape index (κ3) is 1.80. The second-order valence-corrected chi connectivity index (χ2v) is 5.66. The average molecular weight is 209 g/mol. The molecule has 1 atom stereocenters. The van der Waals surface area contributed by atoms with E-state index in [2.05, 4.69) is 19.1 Å². The molecule has 0 nitrogen and oxygen atoms in total. The summed E-state index contributed by atoms with van der Waals surface area (Å²) in [4.78, 5) is 0. The molecule has 1 aliphatic rings. The van der Waals surface area contributed by atoms with Crippen LogP contribution in [0.1, 0.15) is 13.3 Å². The first-order valence-electron chi connectivity index (χ1n) is 2.64. The molecule has 0 unspecified atom stereocenters. The molecule has 42 valence electrons. The molecule has 1 heteroatoms. The Morgan fingerprint density at radius 1 is 1.71 bits per heavy atom. The van der Waals surface area contributed by atoms with Crippen LogP contribution in [0.3, 0.4) is 0 Å². The van der Waals surface area contributed by atoms with Crippen molar-refractivity contribution in [1.29, 1.82) is 0 Å². The van der Waals surface area contributed by atoms with E-state index in [1.807, 2.05) is 0 Å². The van der Waals surface area contributed by atoms with Crippen LogP contribution in [0, 0.1) is 0 Å². The quantitative estimate of drug-likeness (QED) is 0.257. The van der Waals surface area contributed by atoms with E-state index >= 15 is 0 Å². The minimum absolute atomic E-state index is 0.565. The summed E-state index contributed by atoms with van der Waals surface area (Å²) in [6, 6.07) is 0. The van der Waals surface area contributed by atoms with Crippen molar-refractivity contribution in [3.63, 3.8) is 0 Å². The van der Waals surface area contributed by atoms with Gasteiger partial charge in [0.1, 0.15) is 0 Å². The van der Waals surface area contributed by atoms with Crippen LogP contribution >= 0.6 is 0 Å². The molecule has 0 bridgehead atoms. The molecule has 0 amide bonds. The molecular weight excluding hydrogens is 199 g/mol. The van der Waals surface area contributed by atoms with E-state index in [4.69, 9.17) is 0 Å². The Morgan fingerprint density at radius 2 is 2.57 bits per heavy atom. The minimum atomic E-state index is 0.565. The Kier molecular flexibility index (Phi) is 2.16. The molecule has 0 aliphatic carbocycles. The topological polar surface area (TPSA) is 0 Å². The van der Waals surface area contributed by atoms with E-state index in [-0.39, 0.29) is 0 Å². The van der Waals surface area contributed by atoms with Gasteiger partial charge in [0, 0.05) is 0 Å². The molecule has 0 fully saturated rings. The Bertz CT molecular complexity index is 76.2. The molecule has 0 aromatic rings. The van der Waals surface area contributed by atoms with Gasteiger partial charge in [-0.25, -0.2) is 0 Å². The summed E-state index contributed by atoms with van der Waals surface area (Å²) in [6.45, 7) is 2.32. The van der Waals surface area contributed by atoms with Crippen molar-refractivity contribution >= 4 is 0 Å². The van der Waals surface area contributed by atoms with Crippen molar-refractivity contribution in [1.82, 2.24) is 0 Å². The standard InChI is InChI=1S/C6H10I/c1-6-4-2-3-5-7-6/h2,4,6H,3,5H2,1H3/q-1/t6-/m1/s1.